The number of amides is 1. The molecule has 0 aliphatic carbocycles. The summed E-state index contributed by atoms with van der Waals surface area (Å²) in [6.07, 6.45) is 3.72. The molecule has 2 rings (SSSR count). The number of carbonyl (C=O) groups excluding carboxylic acids is 1. The van der Waals surface area contributed by atoms with Gasteiger partial charge in [-0.05, 0) is 20.9 Å². The first kappa shape index (κ1) is 23.5. The third-order valence-electron chi connectivity index (χ3n) is 4.04. The Balaban J connectivity index is 0.000000918. The highest BCUT2D eigenvalue weighted by Gasteiger charge is 2.23. The Morgan fingerprint density at radius 3 is 2.27 bits per heavy atom. The van der Waals surface area contributed by atoms with E-state index >= 15 is 0 Å². The molecule has 0 saturated carbocycles. The standard InChI is InChI=1S/C14H25N5O.2CH2O2/c1-12(18-10-8-17(3)9-11-18)14(20)16-5-7-19-6-4-15-13(19)2;2*2-1-3/h4,6,12H,5,7-11H2,1-3H3,(H,16,20);2*1H,(H,2,3). The zero-order chi connectivity index (χ0) is 19.9. The van der Waals surface area contributed by atoms with E-state index in [1.807, 2.05) is 24.6 Å². The van der Waals surface area contributed by atoms with Crippen molar-refractivity contribution in [3.8, 4) is 0 Å². The van der Waals surface area contributed by atoms with Crippen molar-refractivity contribution in [1.29, 1.82) is 0 Å². The minimum absolute atomic E-state index is 0.0485. The molecule has 1 unspecified atom stereocenters. The van der Waals surface area contributed by atoms with Crippen LogP contribution in [0.2, 0.25) is 0 Å². The monoisotopic (exact) mass is 371 g/mol. The molecule has 3 N–H and O–H groups in total. The van der Waals surface area contributed by atoms with Gasteiger partial charge in [-0.3, -0.25) is 19.3 Å². The Morgan fingerprint density at radius 2 is 1.81 bits per heavy atom. The molecule has 0 bridgehead atoms. The predicted molar refractivity (Wildman–Crippen MR) is 95.9 cm³/mol. The largest absolute Gasteiger partial charge is 0.483 e. The second-order valence-electron chi connectivity index (χ2n) is 5.68. The van der Waals surface area contributed by atoms with Gasteiger partial charge in [0.05, 0.1) is 6.04 Å². The van der Waals surface area contributed by atoms with Crippen LogP contribution < -0.4 is 5.32 Å². The predicted octanol–water partition coefficient (Wildman–Crippen LogP) is -0.655. The third kappa shape index (κ3) is 9.14. The van der Waals surface area contributed by atoms with E-state index in [2.05, 4.69) is 27.1 Å². The summed E-state index contributed by atoms with van der Waals surface area (Å²) < 4.78 is 2.04. The molecule has 1 atom stereocenters. The summed E-state index contributed by atoms with van der Waals surface area (Å²) >= 11 is 0. The Kier molecular flexibility index (Phi) is 12.5. The Hall–Kier alpha value is -2.46. The highest BCUT2D eigenvalue weighted by molar-refractivity contribution is 5.81. The fourth-order valence-corrected chi connectivity index (χ4v) is 2.46. The summed E-state index contributed by atoms with van der Waals surface area (Å²) in [7, 11) is 2.12. The number of carbonyl (C=O) groups is 3. The molecule has 0 spiro atoms. The molecule has 26 heavy (non-hydrogen) atoms. The molecule has 0 radical (unpaired) electrons. The molecule has 1 amide bonds. The lowest BCUT2D eigenvalue weighted by Crippen LogP contribution is -2.53. The van der Waals surface area contributed by atoms with Gasteiger partial charge in [-0.25, -0.2) is 4.98 Å². The number of aryl methyl sites for hydroxylation is 1. The number of nitrogens with one attached hydrogen (secondary N) is 1. The molecule has 1 aromatic rings. The summed E-state index contributed by atoms with van der Waals surface area (Å²) in [6.45, 7) is 8.87. The highest BCUT2D eigenvalue weighted by Crippen LogP contribution is 2.05. The topological polar surface area (TPSA) is 128 Å². The summed E-state index contributed by atoms with van der Waals surface area (Å²) in [4.78, 5) is 37.6. The first-order valence-electron chi connectivity index (χ1n) is 8.25. The molecule has 1 aromatic heterocycles. The van der Waals surface area contributed by atoms with Gasteiger partial charge in [0.2, 0.25) is 5.91 Å². The van der Waals surface area contributed by atoms with Crippen LogP contribution in [0.5, 0.6) is 0 Å². The highest BCUT2D eigenvalue weighted by atomic mass is 16.3. The zero-order valence-corrected chi connectivity index (χ0v) is 15.5. The molecule has 0 aromatic carbocycles. The van der Waals surface area contributed by atoms with Crippen molar-refractivity contribution in [3.63, 3.8) is 0 Å². The van der Waals surface area contributed by atoms with E-state index in [4.69, 9.17) is 19.8 Å². The van der Waals surface area contributed by atoms with Crippen molar-refractivity contribution >= 4 is 18.9 Å². The van der Waals surface area contributed by atoms with Gasteiger partial charge in [0, 0.05) is 51.7 Å². The average molecular weight is 371 g/mol. The number of hydrogen-bond acceptors (Lipinski definition) is 6. The van der Waals surface area contributed by atoms with Crippen molar-refractivity contribution in [2.75, 3.05) is 39.8 Å². The van der Waals surface area contributed by atoms with E-state index in [9.17, 15) is 4.79 Å². The van der Waals surface area contributed by atoms with E-state index in [1.165, 1.54) is 0 Å². The first-order valence-corrected chi connectivity index (χ1v) is 8.25. The molecule has 1 saturated heterocycles. The van der Waals surface area contributed by atoms with Crippen LogP contribution in [0.4, 0.5) is 0 Å². The fraction of sp³-hybridized carbons (Fsp3) is 0.625. The number of hydrogen-bond donors (Lipinski definition) is 3. The summed E-state index contributed by atoms with van der Waals surface area (Å²) in [6, 6.07) is -0.0485. The van der Waals surface area contributed by atoms with Gasteiger partial charge in [0.15, 0.2) is 0 Å². The van der Waals surface area contributed by atoms with Gasteiger partial charge < -0.3 is 25.0 Å². The quantitative estimate of drug-likeness (QED) is 0.582. The molecule has 1 aliphatic heterocycles. The number of likely N-dealkylation sites (N-methyl/N-ethyl adjacent to an activating group) is 1. The van der Waals surface area contributed by atoms with E-state index in [0.29, 0.717) is 6.54 Å². The maximum Gasteiger partial charge on any atom is 0.290 e. The number of imidazole rings is 1. The number of rotatable bonds is 5. The van der Waals surface area contributed by atoms with Gasteiger partial charge in [-0.2, -0.15) is 0 Å². The Bertz CT molecular complexity index is 523. The van der Waals surface area contributed by atoms with Gasteiger partial charge in [-0.1, -0.05) is 0 Å². The van der Waals surface area contributed by atoms with E-state index in [0.717, 1.165) is 38.5 Å². The number of carboxylic acid groups (broad SMARTS) is 2. The fourth-order valence-electron chi connectivity index (χ4n) is 2.46. The average Bonchev–Trinajstić information content (AvgIpc) is 3.01. The summed E-state index contributed by atoms with van der Waals surface area (Å²) in [5, 5.41) is 16.8. The molecule has 148 valence electrons. The van der Waals surface area contributed by atoms with Crippen molar-refractivity contribution < 1.29 is 24.6 Å². The third-order valence-corrected chi connectivity index (χ3v) is 4.04. The molecular formula is C16H29N5O5. The molecule has 1 aliphatic rings. The molecule has 10 heteroatoms. The normalized spacial score (nSPS) is 15.5. The smallest absolute Gasteiger partial charge is 0.290 e. The van der Waals surface area contributed by atoms with Crippen LogP contribution in [0.3, 0.4) is 0 Å². The van der Waals surface area contributed by atoms with Crippen molar-refractivity contribution in [1.82, 2.24) is 24.7 Å². The van der Waals surface area contributed by atoms with Gasteiger partial charge in [0.1, 0.15) is 5.82 Å². The van der Waals surface area contributed by atoms with Gasteiger partial charge in [0.25, 0.3) is 12.9 Å². The summed E-state index contributed by atoms with van der Waals surface area (Å²) in [5.41, 5.74) is 0. The lowest BCUT2D eigenvalue weighted by atomic mass is 10.2. The second kappa shape index (κ2) is 13.8. The van der Waals surface area contributed by atoms with Crippen LogP contribution in [0, 0.1) is 6.92 Å². The van der Waals surface area contributed by atoms with Crippen LogP contribution in [0.25, 0.3) is 0 Å². The summed E-state index contributed by atoms with van der Waals surface area (Å²) in [5.74, 6) is 1.10. The maximum absolute atomic E-state index is 12.1. The molecule has 10 nitrogen and oxygen atoms in total. The Morgan fingerprint density at radius 1 is 1.27 bits per heavy atom. The molecule has 2 heterocycles. The van der Waals surface area contributed by atoms with Crippen LogP contribution >= 0.6 is 0 Å². The van der Waals surface area contributed by atoms with E-state index < -0.39 is 0 Å². The molecule has 1 fully saturated rings. The minimum Gasteiger partial charge on any atom is -0.483 e. The Labute approximate surface area is 153 Å². The zero-order valence-electron chi connectivity index (χ0n) is 15.5. The minimum atomic E-state index is -0.250. The van der Waals surface area contributed by atoms with E-state index in [1.54, 1.807) is 6.20 Å². The number of aromatic nitrogens is 2. The first-order chi connectivity index (χ1) is 12.4. The lowest BCUT2D eigenvalue weighted by molar-refractivity contribution is -0.126. The van der Waals surface area contributed by atoms with Crippen molar-refractivity contribution in [3.05, 3.63) is 18.2 Å². The number of nitrogens with zero attached hydrogens (tertiary/aromatic N) is 4. The maximum atomic E-state index is 12.1. The van der Waals surface area contributed by atoms with Crippen molar-refractivity contribution in [2.24, 2.45) is 0 Å². The van der Waals surface area contributed by atoms with Crippen LogP contribution in [0.1, 0.15) is 12.7 Å². The second-order valence-corrected chi connectivity index (χ2v) is 5.68. The molecular weight excluding hydrogens is 342 g/mol. The van der Waals surface area contributed by atoms with Crippen molar-refractivity contribution in [2.45, 2.75) is 26.4 Å². The van der Waals surface area contributed by atoms with E-state index in [-0.39, 0.29) is 24.9 Å². The van der Waals surface area contributed by atoms with Gasteiger partial charge >= 0.3 is 0 Å². The van der Waals surface area contributed by atoms with Crippen LogP contribution in [-0.2, 0) is 20.9 Å². The lowest BCUT2D eigenvalue weighted by Gasteiger charge is -2.35. The SMILES string of the molecule is Cc1nccn1CCNC(=O)C(C)N1CCN(C)CC1.O=CO.O=CO. The van der Waals surface area contributed by atoms with Crippen LogP contribution in [-0.4, -0.2) is 94.2 Å². The number of piperazine rings is 1. The van der Waals surface area contributed by atoms with Crippen LogP contribution in [0.15, 0.2) is 12.4 Å². The van der Waals surface area contributed by atoms with Gasteiger partial charge in [-0.15, -0.1) is 0 Å².